The molecule has 2 aromatic heterocycles. The molecule has 4 nitrogen and oxygen atoms in total. The van der Waals surface area contributed by atoms with E-state index in [0.29, 0.717) is 22.5 Å². The number of fused-ring (bicyclic) bond motifs is 2. The Morgan fingerprint density at radius 1 is 1.22 bits per heavy atom. The minimum Gasteiger partial charge on any atom is -0.324 e. The Balaban J connectivity index is 2.04. The Morgan fingerprint density at radius 2 is 1.96 bits per heavy atom. The third-order valence-corrected chi connectivity index (χ3v) is 4.90. The van der Waals surface area contributed by atoms with Gasteiger partial charge in [0.15, 0.2) is 0 Å². The van der Waals surface area contributed by atoms with Gasteiger partial charge in [-0.1, -0.05) is 25.4 Å². The van der Waals surface area contributed by atoms with Crippen LogP contribution in [0.5, 0.6) is 0 Å². The maximum atomic E-state index is 13.7. The molecule has 0 bridgehead atoms. The van der Waals surface area contributed by atoms with Crippen LogP contribution in [0.1, 0.15) is 36.6 Å². The van der Waals surface area contributed by atoms with Crippen LogP contribution in [-0.2, 0) is 17.4 Å². The maximum Gasteiger partial charge on any atom is 0.418 e. The van der Waals surface area contributed by atoms with Crippen molar-refractivity contribution in [3.63, 3.8) is 0 Å². The van der Waals surface area contributed by atoms with Crippen LogP contribution < -0.4 is 5.32 Å². The topological polar surface area (TPSA) is 46.4 Å². The van der Waals surface area contributed by atoms with Crippen molar-refractivity contribution < 1.29 is 18.0 Å². The van der Waals surface area contributed by atoms with Crippen molar-refractivity contribution in [3.8, 4) is 11.3 Å². The lowest BCUT2D eigenvalue weighted by Crippen LogP contribution is -2.11. The predicted octanol–water partition coefficient (Wildman–Crippen LogP) is 5.29. The highest BCUT2D eigenvalue weighted by molar-refractivity contribution is 6.34. The van der Waals surface area contributed by atoms with E-state index in [2.05, 4.69) is 10.4 Å². The summed E-state index contributed by atoms with van der Waals surface area (Å²) in [5, 5.41) is 7.23. The van der Waals surface area contributed by atoms with E-state index in [4.69, 9.17) is 11.6 Å². The number of anilines is 1. The predicted molar refractivity (Wildman–Crippen MR) is 97.1 cm³/mol. The van der Waals surface area contributed by atoms with Gasteiger partial charge in [0.25, 0.3) is 0 Å². The van der Waals surface area contributed by atoms with E-state index < -0.39 is 11.7 Å². The number of carbonyl (C=O) groups is 1. The van der Waals surface area contributed by atoms with E-state index in [0.717, 1.165) is 6.07 Å². The first kappa shape index (κ1) is 17.9. The first-order valence-corrected chi connectivity index (χ1v) is 8.75. The highest BCUT2D eigenvalue weighted by atomic mass is 35.5. The molecule has 1 aliphatic rings. The smallest absolute Gasteiger partial charge is 0.324 e. The second-order valence-corrected chi connectivity index (χ2v) is 7.28. The molecular formula is C19H15ClF3N3O. The zero-order valence-corrected chi connectivity index (χ0v) is 15.2. The number of carbonyl (C=O) groups excluding carboxylic acids is 1. The molecule has 1 amide bonds. The Kier molecular flexibility index (Phi) is 3.96. The van der Waals surface area contributed by atoms with E-state index in [1.165, 1.54) is 16.6 Å². The number of rotatable bonds is 2. The number of pyridine rings is 1. The van der Waals surface area contributed by atoms with Gasteiger partial charge in [0, 0.05) is 5.56 Å². The van der Waals surface area contributed by atoms with Crippen molar-refractivity contribution in [1.29, 1.82) is 0 Å². The molecule has 0 radical (unpaired) electrons. The second-order valence-electron chi connectivity index (χ2n) is 6.87. The van der Waals surface area contributed by atoms with Crippen molar-refractivity contribution in [2.45, 2.75) is 32.4 Å². The summed E-state index contributed by atoms with van der Waals surface area (Å²) in [5.74, 6) is -0.169. The monoisotopic (exact) mass is 393 g/mol. The van der Waals surface area contributed by atoms with Crippen LogP contribution in [-0.4, -0.2) is 15.5 Å². The van der Waals surface area contributed by atoms with E-state index in [-0.39, 0.29) is 34.5 Å². The standard InChI is InChI=1S/C19H15ClF3N3O/c1-9(2)15-8-12-3-4-13(19(21,22)23)18(26(12)25-15)11-5-10-7-16(27)24-17(10)14(20)6-11/h3-6,8-9H,7H2,1-2H3,(H,24,27). The maximum absolute atomic E-state index is 13.7. The number of amides is 1. The molecule has 4 rings (SSSR count). The molecule has 3 heterocycles. The number of hydrogen-bond donors (Lipinski definition) is 1. The van der Waals surface area contributed by atoms with E-state index in [1.807, 2.05) is 13.8 Å². The molecule has 0 aliphatic carbocycles. The largest absolute Gasteiger partial charge is 0.418 e. The molecule has 8 heteroatoms. The molecule has 0 unspecified atom stereocenters. The van der Waals surface area contributed by atoms with Gasteiger partial charge in [0.05, 0.1) is 39.6 Å². The number of aromatic nitrogens is 2. The zero-order valence-electron chi connectivity index (χ0n) is 14.5. The second kappa shape index (κ2) is 5.99. The summed E-state index contributed by atoms with van der Waals surface area (Å²) < 4.78 is 42.5. The summed E-state index contributed by atoms with van der Waals surface area (Å²) in [6.07, 6.45) is -4.48. The summed E-state index contributed by atoms with van der Waals surface area (Å²) in [7, 11) is 0. The van der Waals surface area contributed by atoms with Crippen molar-refractivity contribution in [2.24, 2.45) is 0 Å². The van der Waals surface area contributed by atoms with Gasteiger partial charge in [-0.3, -0.25) is 4.79 Å². The van der Waals surface area contributed by atoms with Crippen molar-refractivity contribution in [3.05, 3.63) is 52.2 Å². The molecular weight excluding hydrogens is 379 g/mol. The highest BCUT2D eigenvalue weighted by Gasteiger charge is 2.36. The molecule has 3 aromatic rings. The molecule has 0 atom stereocenters. The number of hydrogen-bond acceptors (Lipinski definition) is 2. The number of halogens is 4. The highest BCUT2D eigenvalue weighted by Crippen LogP contribution is 2.41. The summed E-state index contributed by atoms with van der Waals surface area (Å²) in [6.45, 7) is 3.85. The number of benzene rings is 1. The molecule has 1 aliphatic heterocycles. The van der Waals surface area contributed by atoms with Crippen LogP contribution in [0.2, 0.25) is 5.02 Å². The third-order valence-electron chi connectivity index (χ3n) is 4.60. The van der Waals surface area contributed by atoms with Gasteiger partial charge >= 0.3 is 6.18 Å². The summed E-state index contributed by atoms with van der Waals surface area (Å²) in [4.78, 5) is 11.6. The molecule has 27 heavy (non-hydrogen) atoms. The van der Waals surface area contributed by atoms with Crippen LogP contribution in [0.3, 0.4) is 0 Å². The number of nitrogens with one attached hydrogen (secondary N) is 1. The summed E-state index contributed by atoms with van der Waals surface area (Å²) in [5.41, 5.74) is 1.66. The molecule has 140 valence electrons. The van der Waals surface area contributed by atoms with Gasteiger partial charge in [0.1, 0.15) is 0 Å². The fraction of sp³-hybridized carbons (Fsp3) is 0.263. The van der Waals surface area contributed by atoms with E-state index in [9.17, 15) is 18.0 Å². The first-order valence-electron chi connectivity index (χ1n) is 8.37. The minimum absolute atomic E-state index is 0.0671. The normalized spacial score (nSPS) is 14.1. The van der Waals surface area contributed by atoms with Crippen LogP contribution in [0.25, 0.3) is 16.8 Å². The molecule has 0 spiro atoms. The summed E-state index contributed by atoms with van der Waals surface area (Å²) in [6, 6.07) is 7.24. The lowest BCUT2D eigenvalue weighted by atomic mass is 10.0. The van der Waals surface area contributed by atoms with Crippen LogP contribution >= 0.6 is 11.6 Å². The SMILES string of the molecule is CC(C)c1cc2ccc(C(F)(F)F)c(-c3cc(Cl)c4c(c3)CC(=O)N4)n2n1. The van der Waals surface area contributed by atoms with Crippen LogP contribution in [0.15, 0.2) is 30.3 Å². The molecule has 1 aromatic carbocycles. The van der Waals surface area contributed by atoms with Gasteiger partial charge < -0.3 is 5.32 Å². The molecule has 1 N–H and O–H groups in total. The van der Waals surface area contributed by atoms with Crippen molar-refractivity contribution in [1.82, 2.24) is 9.61 Å². The quantitative estimate of drug-likeness (QED) is 0.643. The molecule has 0 fully saturated rings. The average Bonchev–Trinajstić information content (AvgIpc) is 3.15. The lowest BCUT2D eigenvalue weighted by Gasteiger charge is -2.16. The van der Waals surface area contributed by atoms with Gasteiger partial charge in [0.2, 0.25) is 5.91 Å². The van der Waals surface area contributed by atoms with E-state index >= 15 is 0 Å². The van der Waals surface area contributed by atoms with Gasteiger partial charge in [-0.15, -0.1) is 0 Å². The first-order chi connectivity index (χ1) is 12.6. The number of alkyl halides is 3. The Morgan fingerprint density at radius 3 is 2.63 bits per heavy atom. The summed E-state index contributed by atoms with van der Waals surface area (Å²) >= 11 is 6.24. The van der Waals surface area contributed by atoms with Crippen LogP contribution in [0, 0.1) is 0 Å². The van der Waals surface area contributed by atoms with Gasteiger partial charge in [-0.05, 0) is 41.8 Å². The van der Waals surface area contributed by atoms with E-state index in [1.54, 1.807) is 12.1 Å². The minimum atomic E-state index is -4.56. The fourth-order valence-electron chi connectivity index (χ4n) is 3.30. The lowest BCUT2D eigenvalue weighted by molar-refractivity contribution is -0.137. The van der Waals surface area contributed by atoms with Gasteiger partial charge in [-0.25, -0.2) is 4.52 Å². The van der Waals surface area contributed by atoms with Crippen molar-refractivity contribution in [2.75, 3.05) is 5.32 Å². The van der Waals surface area contributed by atoms with Gasteiger partial charge in [-0.2, -0.15) is 18.3 Å². The van der Waals surface area contributed by atoms with Crippen molar-refractivity contribution >= 4 is 28.7 Å². The molecule has 0 saturated heterocycles. The molecule has 0 saturated carbocycles. The Bertz CT molecular complexity index is 1090. The zero-order chi connectivity index (χ0) is 19.5. The van der Waals surface area contributed by atoms with Crippen LogP contribution in [0.4, 0.5) is 18.9 Å². The number of nitrogens with zero attached hydrogens (tertiary/aromatic N) is 2. The Hall–Kier alpha value is -2.54. The Labute approximate surface area is 157 Å². The fourth-order valence-corrected chi connectivity index (χ4v) is 3.59. The third kappa shape index (κ3) is 2.96. The average molecular weight is 394 g/mol.